The number of carbonyl (C=O) groups is 1. The number of aliphatic carboxylic acids is 1. The molecule has 2 aromatic rings. The van der Waals surface area contributed by atoms with Gasteiger partial charge in [0.2, 0.25) is 0 Å². The quantitative estimate of drug-likeness (QED) is 0.830. The largest absolute Gasteiger partial charge is 0.548 e. The first kappa shape index (κ1) is 15.7. The van der Waals surface area contributed by atoms with Crippen LogP contribution in [0.1, 0.15) is 11.1 Å². The van der Waals surface area contributed by atoms with E-state index in [0.717, 1.165) is 25.2 Å². The SMILES string of the molecule is O=C([O-])C1CN(Cc2ccccc2)CCN1Cc1ccccc1. The summed E-state index contributed by atoms with van der Waals surface area (Å²) in [5.41, 5.74) is 2.34. The van der Waals surface area contributed by atoms with Crippen LogP contribution in [0.4, 0.5) is 0 Å². The second kappa shape index (κ2) is 7.40. The summed E-state index contributed by atoms with van der Waals surface area (Å²) in [6, 6.07) is 19.6. The van der Waals surface area contributed by atoms with Crippen molar-refractivity contribution in [1.29, 1.82) is 0 Å². The van der Waals surface area contributed by atoms with E-state index in [4.69, 9.17) is 0 Å². The van der Waals surface area contributed by atoms with E-state index < -0.39 is 12.0 Å². The predicted molar refractivity (Wildman–Crippen MR) is 87.4 cm³/mol. The molecule has 120 valence electrons. The Kier molecular flexibility index (Phi) is 5.05. The molecule has 1 aliphatic heterocycles. The maximum absolute atomic E-state index is 11.6. The van der Waals surface area contributed by atoms with Gasteiger partial charge in [0.05, 0.1) is 12.0 Å². The zero-order valence-electron chi connectivity index (χ0n) is 13.1. The Morgan fingerprint density at radius 2 is 1.48 bits per heavy atom. The average Bonchev–Trinajstić information content (AvgIpc) is 2.58. The number of hydrogen-bond acceptors (Lipinski definition) is 4. The maximum atomic E-state index is 11.6. The van der Waals surface area contributed by atoms with E-state index in [9.17, 15) is 9.90 Å². The van der Waals surface area contributed by atoms with Gasteiger partial charge in [-0.2, -0.15) is 0 Å². The summed E-state index contributed by atoms with van der Waals surface area (Å²) in [5.74, 6) is -0.987. The molecular weight excluding hydrogens is 288 g/mol. The Labute approximate surface area is 137 Å². The van der Waals surface area contributed by atoms with Crippen LogP contribution in [0.15, 0.2) is 60.7 Å². The first-order valence-electron chi connectivity index (χ1n) is 7.97. The molecule has 0 aromatic heterocycles. The molecule has 3 rings (SSSR count). The summed E-state index contributed by atoms with van der Waals surface area (Å²) >= 11 is 0. The molecule has 0 radical (unpaired) electrons. The molecule has 0 N–H and O–H groups in total. The van der Waals surface area contributed by atoms with E-state index in [1.807, 2.05) is 53.4 Å². The average molecular weight is 309 g/mol. The molecule has 1 aliphatic rings. The summed E-state index contributed by atoms with van der Waals surface area (Å²) in [7, 11) is 0. The van der Waals surface area contributed by atoms with Crippen molar-refractivity contribution >= 4 is 5.97 Å². The molecule has 1 atom stereocenters. The van der Waals surface area contributed by atoms with E-state index >= 15 is 0 Å². The molecule has 4 nitrogen and oxygen atoms in total. The normalized spacial score (nSPS) is 19.6. The molecular formula is C19H21N2O2-. The third-order valence-corrected chi connectivity index (χ3v) is 4.32. The van der Waals surface area contributed by atoms with Gasteiger partial charge in [-0.15, -0.1) is 0 Å². The molecule has 1 saturated heterocycles. The van der Waals surface area contributed by atoms with Gasteiger partial charge in [-0.3, -0.25) is 9.80 Å². The lowest BCUT2D eigenvalue weighted by atomic mass is 10.1. The second-order valence-electron chi connectivity index (χ2n) is 6.01. The number of rotatable bonds is 5. The summed E-state index contributed by atoms with van der Waals surface area (Å²) in [6.07, 6.45) is 0. The predicted octanol–water partition coefficient (Wildman–Crippen LogP) is 1.12. The van der Waals surface area contributed by atoms with Gasteiger partial charge < -0.3 is 9.90 Å². The molecule has 0 saturated carbocycles. The van der Waals surface area contributed by atoms with Gasteiger partial charge in [0, 0.05) is 32.7 Å². The summed E-state index contributed by atoms with van der Waals surface area (Å²) in [4.78, 5) is 15.8. The lowest BCUT2D eigenvalue weighted by Gasteiger charge is -2.42. The fraction of sp³-hybridized carbons (Fsp3) is 0.316. The number of nitrogens with zero attached hydrogens (tertiary/aromatic N) is 2. The highest BCUT2D eigenvalue weighted by atomic mass is 16.4. The van der Waals surface area contributed by atoms with Crippen molar-refractivity contribution in [3.8, 4) is 0 Å². The van der Waals surface area contributed by atoms with Crippen molar-refractivity contribution in [2.24, 2.45) is 0 Å². The van der Waals surface area contributed by atoms with Crippen molar-refractivity contribution < 1.29 is 9.90 Å². The zero-order chi connectivity index (χ0) is 16.1. The molecule has 4 heteroatoms. The minimum absolute atomic E-state index is 0.504. The highest BCUT2D eigenvalue weighted by Crippen LogP contribution is 2.16. The number of benzene rings is 2. The Hall–Kier alpha value is -2.17. The highest BCUT2D eigenvalue weighted by molar-refractivity contribution is 5.71. The Morgan fingerprint density at radius 1 is 0.913 bits per heavy atom. The number of piperazine rings is 1. The topological polar surface area (TPSA) is 46.6 Å². The van der Waals surface area contributed by atoms with Gasteiger partial charge in [0.1, 0.15) is 0 Å². The summed E-state index contributed by atoms with van der Waals surface area (Å²) < 4.78 is 0. The first-order chi connectivity index (χ1) is 11.2. The summed E-state index contributed by atoms with van der Waals surface area (Å²) in [6.45, 7) is 3.54. The fourth-order valence-corrected chi connectivity index (χ4v) is 3.09. The standard InChI is InChI=1S/C19H22N2O2/c22-19(23)18-15-20(13-16-7-3-1-4-8-16)11-12-21(18)14-17-9-5-2-6-10-17/h1-10,18H,11-15H2,(H,22,23)/p-1. The second-order valence-corrected chi connectivity index (χ2v) is 6.01. The number of carboxylic acids is 1. The van der Waals surface area contributed by atoms with E-state index in [0.29, 0.717) is 13.1 Å². The van der Waals surface area contributed by atoms with Crippen LogP contribution in [0.5, 0.6) is 0 Å². The van der Waals surface area contributed by atoms with Crippen LogP contribution in [0.2, 0.25) is 0 Å². The molecule has 23 heavy (non-hydrogen) atoms. The lowest BCUT2D eigenvalue weighted by molar-refractivity contribution is -0.313. The molecule has 0 spiro atoms. The van der Waals surface area contributed by atoms with Crippen LogP contribution in [0, 0.1) is 0 Å². The monoisotopic (exact) mass is 309 g/mol. The van der Waals surface area contributed by atoms with Crippen molar-refractivity contribution in [1.82, 2.24) is 9.80 Å². The van der Waals surface area contributed by atoms with E-state index in [1.165, 1.54) is 5.56 Å². The molecule has 1 heterocycles. The third kappa shape index (κ3) is 4.18. The number of hydrogen-bond donors (Lipinski definition) is 0. The van der Waals surface area contributed by atoms with Crippen molar-refractivity contribution in [2.45, 2.75) is 19.1 Å². The Balaban J connectivity index is 1.65. The molecule has 2 aromatic carbocycles. The molecule has 0 aliphatic carbocycles. The molecule has 1 fully saturated rings. The molecule has 0 bridgehead atoms. The fourth-order valence-electron chi connectivity index (χ4n) is 3.09. The third-order valence-electron chi connectivity index (χ3n) is 4.32. The minimum Gasteiger partial charge on any atom is -0.548 e. The van der Waals surface area contributed by atoms with Gasteiger partial charge in [-0.25, -0.2) is 0 Å². The van der Waals surface area contributed by atoms with Gasteiger partial charge in [0.25, 0.3) is 0 Å². The number of carboxylic acid groups (broad SMARTS) is 1. The van der Waals surface area contributed by atoms with Gasteiger partial charge in [-0.05, 0) is 11.1 Å². The first-order valence-corrected chi connectivity index (χ1v) is 7.97. The van der Waals surface area contributed by atoms with Gasteiger partial charge in [0.15, 0.2) is 0 Å². The van der Waals surface area contributed by atoms with Crippen LogP contribution in [-0.4, -0.2) is 41.4 Å². The Bertz CT molecular complexity index is 630. The minimum atomic E-state index is -0.987. The van der Waals surface area contributed by atoms with Crippen LogP contribution in [0.25, 0.3) is 0 Å². The van der Waals surface area contributed by atoms with Crippen molar-refractivity contribution in [3.05, 3.63) is 71.8 Å². The van der Waals surface area contributed by atoms with Crippen LogP contribution in [-0.2, 0) is 17.9 Å². The zero-order valence-corrected chi connectivity index (χ0v) is 13.1. The lowest BCUT2D eigenvalue weighted by Crippen LogP contribution is -2.59. The van der Waals surface area contributed by atoms with E-state index in [2.05, 4.69) is 17.0 Å². The van der Waals surface area contributed by atoms with Crippen LogP contribution >= 0.6 is 0 Å². The van der Waals surface area contributed by atoms with Crippen molar-refractivity contribution in [3.63, 3.8) is 0 Å². The molecule has 0 amide bonds. The van der Waals surface area contributed by atoms with Gasteiger partial charge >= 0.3 is 0 Å². The van der Waals surface area contributed by atoms with Crippen LogP contribution in [0.3, 0.4) is 0 Å². The van der Waals surface area contributed by atoms with E-state index in [1.54, 1.807) is 0 Å². The molecule has 1 unspecified atom stereocenters. The van der Waals surface area contributed by atoms with E-state index in [-0.39, 0.29) is 0 Å². The number of carbonyl (C=O) groups excluding carboxylic acids is 1. The highest BCUT2D eigenvalue weighted by Gasteiger charge is 2.27. The van der Waals surface area contributed by atoms with Crippen LogP contribution < -0.4 is 5.11 Å². The Morgan fingerprint density at radius 3 is 2.04 bits per heavy atom. The maximum Gasteiger partial charge on any atom is 0.0625 e. The smallest absolute Gasteiger partial charge is 0.0625 e. The van der Waals surface area contributed by atoms with Crippen molar-refractivity contribution in [2.75, 3.05) is 19.6 Å². The van der Waals surface area contributed by atoms with Gasteiger partial charge in [-0.1, -0.05) is 60.7 Å². The summed E-state index contributed by atoms with van der Waals surface area (Å²) in [5, 5.41) is 11.6.